The molecule has 1 aliphatic rings. The molecule has 18 heavy (non-hydrogen) atoms. The monoisotopic (exact) mass is 259 g/mol. The fourth-order valence-corrected chi connectivity index (χ4v) is 3.30. The summed E-state index contributed by atoms with van der Waals surface area (Å²) in [6.07, 6.45) is 4.31. The topological polar surface area (TPSA) is 37.8 Å². The van der Waals surface area contributed by atoms with Crippen molar-refractivity contribution in [2.24, 2.45) is 0 Å². The Bertz CT molecular complexity index is 529. The van der Waals surface area contributed by atoms with Crippen molar-refractivity contribution in [2.75, 3.05) is 13.1 Å². The lowest BCUT2D eigenvalue weighted by Crippen LogP contribution is -2.29. The molecular formula is C14H17N3S. The first-order valence-corrected chi connectivity index (χ1v) is 7.30. The van der Waals surface area contributed by atoms with E-state index in [9.17, 15) is 0 Å². The number of nitrogens with zero attached hydrogens (tertiary/aromatic N) is 2. The van der Waals surface area contributed by atoms with Crippen LogP contribution in [0.4, 0.5) is 0 Å². The molecule has 1 atom stereocenters. The summed E-state index contributed by atoms with van der Waals surface area (Å²) in [5.74, 6) is 1.46. The molecule has 0 bridgehead atoms. The highest BCUT2D eigenvalue weighted by Gasteiger charge is 2.18. The number of piperidine rings is 1. The molecule has 1 saturated heterocycles. The van der Waals surface area contributed by atoms with Crippen molar-refractivity contribution in [3.63, 3.8) is 0 Å². The number of aryl methyl sites for hydroxylation is 1. The van der Waals surface area contributed by atoms with Crippen molar-refractivity contribution < 1.29 is 0 Å². The Morgan fingerprint density at radius 2 is 2.33 bits per heavy atom. The predicted molar refractivity (Wildman–Crippen MR) is 74.9 cm³/mol. The van der Waals surface area contributed by atoms with Gasteiger partial charge in [0, 0.05) is 18.7 Å². The predicted octanol–water partition coefficient (Wildman–Crippen LogP) is 2.98. The van der Waals surface area contributed by atoms with Gasteiger partial charge < -0.3 is 5.32 Å². The van der Waals surface area contributed by atoms with Crippen molar-refractivity contribution >= 4 is 11.3 Å². The molecule has 2 aromatic heterocycles. The molecule has 0 saturated carbocycles. The number of hydrogen-bond acceptors (Lipinski definition) is 4. The minimum absolute atomic E-state index is 0.471. The lowest BCUT2D eigenvalue weighted by Gasteiger charge is -2.21. The smallest absolute Gasteiger partial charge is 0.133 e. The zero-order valence-electron chi connectivity index (χ0n) is 10.5. The molecule has 1 unspecified atom stereocenters. The highest BCUT2D eigenvalue weighted by molar-refractivity contribution is 7.13. The van der Waals surface area contributed by atoms with E-state index in [0.717, 1.165) is 24.6 Å². The van der Waals surface area contributed by atoms with Gasteiger partial charge in [0.1, 0.15) is 5.82 Å². The van der Waals surface area contributed by atoms with E-state index in [-0.39, 0.29) is 0 Å². The minimum Gasteiger partial charge on any atom is -0.316 e. The fourth-order valence-electron chi connectivity index (χ4n) is 2.40. The van der Waals surface area contributed by atoms with E-state index in [2.05, 4.69) is 28.7 Å². The number of nitrogens with one attached hydrogen (secondary N) is 1. The maximum atomic E-state index is 4.76. The second-order valence-corrected chi connectivity index (χ2v) is 5.69. The van der Waals surface area contributed by atoms with Gasteiger partial charge in [-0.3, -0.25) is 0 Å². The lowest BCUT2D eigenvalue weighted by molar-refractivity contribution is 0.447. The Morgan fingerprint density at radius 3 is 3.06 bits per heavy atom. The van der Waals surface area contributed by atoms with E-state index < -0.39 is 0 Å². The molecule has 2 aromatic rings. The summed E-state index contributed by atoms with van der Waals surface area (Å²) in [5, 5.41) is 5.54. The van der Waals surface area contributed by atoms with Gasteiger partial charge >= 0.3 is 0 Å². The third-order valence-electron chi connectivity index (χ3n) is 3.43. The van der Waals surface area contributed by atoms with Gasteiger partial charge in [-0.2, -0.15) is 0 Å². The Hall–Kier alpha value is -1.26. The standard InChI is InChI=1S/C14H17N3S/c1-10-5-8-18-13(10)12-4-7-16-14(17-12)11-3-2-6-15-9-11/h4-5,7-8,11,15H,2-3,6,9H2,1H3. The van der Waals surface area contributed by atoms with Gasteiger partial charge in [-0.25, -0.2) is 9.97 Å². The summed E-state index contributed by atoms with van der Waals surface area (Å²) in [7, 11) is 0. The van der Waals surface area contributed by atoms with Gasteiger partial charge in [0.25, 0.3) is 0 Å². The number of thiophene rings is 1. The van der Waals surface area contributed by atoms with Crippen molar-refractivity contribution in [3.8, 4) is 10.6 Å². The summed E-state index contributed by atoms with van der Waals surface area (Å²) in [6, 6.07) is 4.16. The fraction of sp³-hybridized carbons (Fsp3) is 0.429. The van der Waals surface area contributed by atoms with E-state index >= 15 is 0 Å². The van der Waals surface area contributed by atoms with E-state index in [0.29, 0.717) is 5.92 Å². The zero-order chi connectivity index (χ0) is 12.4. The van der Waals surface area contributed by atoms with Crippen LogP contribution in [0.15, 0.2) is 23.7 Å². The highest BCUT2D eigenvalue weighted by atomic mass is 32.1. The quantitative estimate of drug-likeness (QED) is 0.901. The molecule has 0 aliphatic carbocycles. The summed E-state index contributed by atoms with van der Waals surface area (Å²) < 4.78 is 0. The summed E-state index contributed by atoms with van der Waals surface area (Å²) in [4.78, 5) is 10.5. The van der Waals surface area contributed by atoms with Crippen molar-refractivity contribution in [2.45, 2.75) is 25.7 Å². The lowest BCUT2D eigenvalue weighted by atomic mass is 9.99. The maximum absolute atomic E-state index is 4.76. The molecule has 0 spiro atoms. The van der Waals surface area contributed by atoms with Gasteiger partial charge in [0.2, 0.25) is 0 Å². The average Bonchev–Trinajstić information content (AvgIpc) is 2.86. The molecule has 0 radical (unpaired) electrons. The zero-order valence-corrected chi connectivity index (χ0v) is 11.3. The summed E-state index contributed by atoms with van der Waals surface area (Å²) in [6.45, 7) is 4.27. The van der Waals surface area contributed by atoms with E-state index in [1.54, 1.807) is 11.3 Å². The van der Waals surface area contributed by atoms with Crippen LogP contribution in [0.1, 0.15) is 30.1 Å². The number of aromatic nitrogens is 2. The Morgan fingerprint density at radius 1 is 1.39 bits per heavy atom. The van der Waals surface area contributed by atoms with Crippen LogP contribution < -0.4 is 5.32 Å². The second-order valence-electron chi connectivity index (χ2n) is 4.78. The van der Waals surface area contributed by atoms with Gasteiger partial charge in [0.05, 0.1) is 10.6 Å². The molecule has 3 nitrogen and oxygen atoms in total. The molecule has 0 aromatic carbocycles. The van der Waals surface area contributed by atoms with Gasteiger partial charge in [0.15, 0.2) is 0 Å². The molecular weight excluding hydrogens is 242 g/mol. The summed E-state index contributed by atoms with van der Waals surface area (Å²) >= 11 is 1.75. The molecule has 4 heteroatoms. The van der Waals surface area contributed by atoms with Crippen molar-refractivity contribution in [1.82, 2.24) is 15.3 Å². The van der Waals surface area contributed by atoms with Gasteiger partial charge in [-0.1, -0.05) is 0 Å². The van der Waals surface area contributed by atoms with Crippen LogP contribution in [0.25, 0.3) is 10.6 Å². The Kier molecular flexibility index (Phi) is 3.39. The molecule has 1 N–H and O–H groups in total. The van der Waals surface area contributed by atoms with Crippen LogP contribution in [0.2, 0.25) is 0 Å². The number of hydrogen-bond donors (Lipinski definition) is 1. The second kappa shape index (κ2) is 5.16. The Balaban J connectivity index is 1.91. The third-order valence-corrected chi connectivity index (χ3v) is 4.47. The first kappa shape index (κ1) is 11.8. The Labute approximate surface area is 111 Å². The first-order chi connectivity index (χ1) is 8.84. The normalized spacial score (nSPS) is 19.9. The first-order valence-electron chi connectivity index (χ1n) is 6.43. The minimum atomic E-state index is 0.471. The molecule has 0 amide bonds. The molecule has 3 heterocycles. The molecule has 94 valence electrons. The molecule has 1 fully saturated rings. The highest BCUT2D eigenvalue weighted by Crippen LogP contribution is 2.28. The SMILES string of the molecule is Cc1ccsc1-c1ccnc(C2CCCNC2)n1. The van der Waals surface area contributed by atoms with E-state index in [1.165, 1.54) is 23.3 Å². The van der Waals surface area contributed by atoms with Gasteiger partial charge in [-0.05, 0) is 49.4 Å². The maximum Gasteiger partial charge on any atom is 0.133 e. The van der Waals surface area contributed by atoms with Crippen molar-refractivity contribution in [1.29, 1.82) is 0 Å². The van der Waals surface area contributed by atoms with Crippen LogP contribution >= 0.6 is 11.3 Å². The van der Waals surface area contributed by atoms with E-state index in [1.807, 2.05) is 12.3 Å². The van der Waals surface area contributed by atoms with E-state index in [4.69, 9.17) is 4.98 Å². The van der Waals surface area contributed by atoms with Crippen LogP contribution in [0.5, 0.6) is 0 Å². The third kappa shape index (κ3) is 2.31. The van der Waals surface area contributed by atoms with Crippen LogP contribution in [-0.2, 0) is 0 Å². The van der Waals surface area contributed by atoms with Crippen LogP contribution in [-0.4, -0.2) is 23.1 Å². The van der Waals surface area contributed by atoms with Gasteiger partial charge in [-0.15, -0.1) is 11.3 Å². The molecule has 3 rings (SSSR count). The number of rotatable bonds is 2. The average molecular weight is 259 g/mol. The molecule has 1 aliphatic heterocycles. The van der Waals surface area contributed by atoms with Crippen LogP contribution in [0, 0.1) is 6.92 Å². The van der Waals surface area contributed by atoms with Crippen LogP contribution in [0.3, 0.4) is 0 Å². The summed E-state index contributed by atoms with van der Waals surface area (Å²) in [5.41, 5.74) is 2.37. The van der Waals surface area contributed by atoms with Crippen molar-refractivity contribution in [3.05, 3.63) is 35.1 Å². The largest absolute Gasteiger partial charge is 0.316 e.